The largest absolute Gasteiger partial charge is 0.462 e. The highest BCUT2D eigenvalue weighted by Gasteiger charge is 2.11. The van der Waals surface area contributed by atoms with E-state index in [4.69, 9.17) is 9.40 Å². The second-order valence-electron chi connectivity index (χ2n) is 7.25. The maximum atomic E-state index is 5.67. The second-order valence-corrected chi connectivity index (χ2v) is 7.25. The molecule has 0 atom stereocenters. The van der Waals surface area contributed by atoms with Gasteiger partial charge in [-0.05, 0) is 80.8 Å². The lowest BCUT2D eigenvalue weighted by atomic mass is 10.1. The molecule has 2 aromatic heterocycles. The van der Waals surface area contributed by atoms with Crippen molar-refractivity contribution in [2.45, 2.75) is 34.2 Å². The Bertz CT molecular complexity index is 1130. The molecule has 0 saturated heterocycles. The van der Waals surface area contributed by atoms with E-state index in [1.165, 1.54) is 22.3 Å². The highest BCUT2D eigenvalue weighted by molar-refractivity contribution is 5.81. The van der Waals surface area contributed by atoms with Crippen LogP contribution < -0.4 is 0 Å². The van der Waals surface area contributed by atoms with Gasteiger partial charge in [0.05, 0.1) is 11.0 Å². The molecule has 0 N–H and O–H groups in total. The smallest absolute Gasteiger partial charge is 0.134 e. The predicted octanol–water partition coefficient (Wildman–Crippen LogP) is 6.08. The molecule has 2 aromatic carbocycles. The van der Waals surface area contributed by atoms with Gasteiger partial charge in [0.1, 0.15) is 17.3 Å². The molecule has 3 heteroatoms. The molecule has 3 nitrogen and oxygen atoms in total. The van der Waals surface area contributed by atoms with E-state index in [9.17, 15) is 0 Å². The Hall–Kier alpha value is -3.07. The Morgan fingerprint density at radius 1 is 0.889 bits per heavy atom. The standard InChI is InChI=1S/C24H24N2O/c1-16-5-8-20(9-6-16)15-26-23-14-18(3)17(2)13-22(23)25-24(26)12-11-21-10-7-19(4)27-21/h5-14H,15H2,1-4H3/b12-11+. The third-order valence-corrected chi connectivity index (χ3v) is 5.01. The first-order chi connectivity index (χ1) is 13.0. The molecule has 0 saturated carbocycles. The lowest BCUT2D eigenvalue weighted by molar-refractivity contribution is 0.525. The summed E-state index contributed by atoms with van der Waals surface area (Å²) in [4.78, 5) is 4.88. The number of aryl methyl sites for hydroxylation is 4. The topological polar surface area (TPSA) is 31.0 Å². The van der Waals surface area contributed by atoms with E-state index in [1.54, 1.807) is 0 Å². The third-order valence-electron chi connectivity index (χ3n) is 5.01. The fourth-order valence-corrected chi connectivity index (χ4v) is 3.27. The molecule has 4 rings (SSSR count). The van der Waals surface area contributed by atoms with E-state index >= 15 is 0 Å². The van der Waals surface area contributed by atoms with Crippen LogP contribution in [0.5, 0.6) is 0 Å². The van der Waals surface area contributed by atoms with Crippen molar-refractivity contribution in [3.8, 4) is 0 Å². The number of furan rings is 1. The Morgan fingerprint density at radius 3 is 2.33 bits per heavy atom. The van der Waals surface area contributed by atoms with Crippen molar-refractivity contribution in [1.29, 1.82) is 0 Å². The summed E-state index contributed by atoms with van der Waals surface area (Å²) >= 11 is 0. The molecule has 0 unspecified atom stereocenters. The zero-order valence-electron chi connectivity index (χ0n) is 16.3. The Balaban J connectivity index is 1.80. The number of hydrogen-bond acceptors (Lipinski definition) is 2. The van der Waals surface area contributed by atoms with Gasteiger partial charge in [-0.25, -0.2) is 4.98 Å². The first kappa shape index (κ1) is 17.3. The lowest BCUT2D eigenvalue weighted by Crippen LogP contribution is -2.02. The minimum Gasteiger partial charge on any atom is -0.462 e. The molecule has 0 radical (unpaired) electrons. The molecule has 0 spiro atoms. The van der Waals surface area contributed by atoms with Gasteiger partial charge in [0.2, 0.25) is 0 Å². The zero-order chi connectivity index (χ0) is 19.0. The molecular formula is C24H24N2O. The van der Waals surface area contributed by atoms with Gasteiger partial charge in [-0.1, -0.05) is 29.8 Å². The Morgan fingerprint density at radius 2 is 1.63 bits per heavy atom. The maximum Gasteiger partial charge on any atom is 0.134 e. The van der Waals surface area contributed by atoms with Crippen LogP contribution in [0.4, 0.5) is 0 Å². The van der Waals surface area contributed by atoms with Gasteiger partial charge in [0.25, 0.3) is 0 Å². The van der Waals surface area contributed by atoms with Crippen LogP contribution in [0.1, 0.15) is 39.6 Å². The molecule has 0 amide bonds. The molecule has 0 bridgehead atoms. The summed E-state index contributed by atoms with van der Waals surface area (Å²) < 4.78 is 7.94. The average molecular weight is 356 g/mol. The van der Waals surface area contributed by atoms with Crippen molar-refractivity contribution in [2.75, 3.05) is 0 Å². The van der Waals surface area contributed by atoms with Crippen LogP contribution in [0.2, 0.25) is 0 Å². The number of fused-ring (bicyclic) bond motifs is 1. The van der Waals surface area contributed by atoms with Gasteiger partial charge in [0.15, 0.2) is 0 Å². The van der Waals surface area contributed by atoms with Gasteiger partial charge >= 0.3 is 0 Å². The van der Waals surface area contributed by atoms with Crippen molar-refractivity contribution < 1.29 is 4.42 Å². The molecule has 0 aliphatic heterocycles. The SMILES string of the molecule is Cc1ccc(Cn2c(/C=C/c3ccc(C)o3)nc3cc(C)c(C)cc32)cc1. The minimum absolute atomic E-state index is 0.788. The van der Waals surface area contributed by atoms with Crippen molar-refractivity contribution in [3.05, 3.63) is 88.1 Å². The first-order valence-corrected chi connectivity index (χ1v) is 9.27. The van der Waals surface area contributed by atoms with E-state index in [-0.39, 0.29) is 0 Å². The van der Waals surface area contributed by atoms with Gasteiger partial charge in [-0.15, -0.1) is 0 Å². The van der Waals surface area contributed by atoms with E-state index in [0.717, 1.165) is 34.9 Å². The minimum atomic E-state index is 0.788. The summed E-state index contributed by atoms with van der Waals surface area (Å²) in [5, 5.41) is 0. The average Bonchev–Trinajstić information content (AvgIpc) is 3.19. The van der Waals surface area contributed by atoms with Gasteiger partial charge in [-0.2, -0.15) is 0 Å². The van der Waals surface area contributed by atoms with E-state index in [2.05, 4.69) is 61.7 Å². The highest BCUT2D eigenvalue weighted by Crippen LogP contribution is 2.23. The summed E-state index contributed by atoms with van der Waals surface area (Å²) in [7, 11) is 0. The van der Waals surface area contributed by atoms with Crippen LogP contribution in [0.15, 0.2) is 52.9 Å². The molecule has 2 heterocycles. The number of nitrogens with zero attached hydrogens (tertiary/aromatic N) is 2. The molecule has 27 heavy (non-hydrogen) atoms. The lowest BCUT2D eigenvalue weighted by Gasteiger charge is -2.09. The molecule has 0 fully saturated rings. The Kier molecular flexibility index (Phi) is 4.44. The molecule has 0 aliphatic rings. The van der Waals surface area contributed by atoms with Crippen molar-refractivity contribution in [1.82, 2.24) is 9.55 Å². The van der Waals surface area contributed by atoms with Crippen LogP contribution in [0, 0.1) is 27.7 Å². The number of benzene rings is 2. The van der Waals surface area contributed by atoms with Crippen molar-refractivity contribution in [2.24, 2.45) is 0 Å². The summed E-state index contributed by atoms with van der Waals surface area (Å²) in [5.74, 6) is 2.69. The van der Waals surface area contributed by atoms with Crippen LogP contribution in [0.25, 0.3) is 23.2 Å². The maximum absolute atomic E-state index is 5.67. The van der Waals surface area contributed by atoms with E-state index in [1.807, 2.05) is 31.2 Å². The monoisotopic (exact) mass is 356 g/mol. The number of rotatable bonds is 4. The molecule has 136 valence electrons. The molecular weight excluding hydrogens is 332 g/mol. The summed E-state index contributed by atoms with van der Waals surface area (Å²) in [6.07, 6.45) is 4.02. The van der Waals surface area contributed by atoms with Gasteiger partial charge in [-0.3, -0.25) is 0 Å². The number of aromatic nitrogens is 2. The van der Waals surface area contributed by atoms with Crippen LogP contribution in [0.3, 0.4) is 0 Å². The molecule has 4 aromatic rings. The number of hydrogen-bond donors (Lipinski definition) is 0. The van der Waals surface area contributed by atoms with E-state index in [0.29, 0.717) is 0 Å². The van der Waals surface area contributed by atoms with Gasteiger partial charge < -0.3 is 8.98 Å². The van der Waals surface area contributed by atoms with Crippen LogP contribution in [-0.2, 0) is 6.54 Å². The second kappa shape index (κ2) is 6.92. The predicted molar refractivity (Wildman–Crippen MR) is 112 cm³/mol. The summed E-state index contributed by atoms with van der Waals surface area (Å²) in [5.41, 5.74) is 7.27. The van der Waals surface area contributed by atoms with Crippen LogP contribution >= 0.6 is 0 Å². The quantitative estimate of drug-likeness (QED) is 0.443. The third kappa shape index (κ3) is 3.59. The Labute approximate surface area is 160 Å². The summed E-state index contributed by atoms with van der Waals surface area (Å²) in [6, 6.07) is 17.0. The first-order valence-electron chi connectivity index (χ1n) is 9.27. The fraction of sp³-hybridized carbons (Fsp3) is 0.208. The highest BCUT2D eigenvalue weighted by atomic mass is 16.3. The number of imidazole rings is 1. The molecule has 0 aliphatic carbocycles. The normalized spacial score (nSPS) is 11.7. The van der Waals surface area contributed by atoms with Gasteiger partial charge in [0, 0.05) is 6.54 Å². The summed E-state index contributed by atoms with van der Waals surface area (Å²) in [6.45, 7) is 9.14. The van der Waals surface area contributed by atoms with Crippen LogP contribution in [-0.4, -0.2) is 9.55 Å². The van der Waals surface area contributed by atoms with Crippen molar-refractivity contribution >= 4 is 23.2 Å². The van der Waals surface area contributed by atoms with Crippen molar-refractivity contribution in [3.63, 3.8) is 0 Å². The zero-order valence-corrected chi connectivity index (χ0v) is 16.3. The van der Waals surface area contributed by atoms with E-state index < -0.39 is 0 Å². The fourth-order valence-electron chi connectivity index (χ4n) is 3.27.